The van der Waals surface area contributed by atoms with Crippen molar-refractivity contribution in [3.8, 4) is 0 Å². The van der Waals surface area contributed by atoms with Crippen molar-refractivity contribution < 1.29 is 19.1 Å². The minimum atomic E-state index is -0.619. The van der Waals surface area contributed by atoms with E-state index in [0.717, 1.165) is 16.8 Å². The number of ether oxygens (including phenoxy) is 1. The third-order valence-electron chi connectivity index (χ3n) is 4.40. The summed E-state index contributed by atoms with van der Waals surface area (Å²) in [5.41, 5.74) is 3.74. The molecule has 0 aliphatic heterocycles. The number of carbonyl (C=O) groups is 3. The van der Waals surface area contributed by atoms with E-state index in [2.05, 4.69) is 10.6 Å². The number of esters is 1. The second-order valence-electron chi connectivity index (χ2n) is 7.20. The first-order valence-corrected chi connectivity index (χ1v) is 11.0. The summed E-state index contributed by atoms with van der Waals surface area (Å²) in [5.74, 6) is -1.09. The van der Waals surface area contributed by atoms with Gasteiger partial charge in [0, 0.05) is 16.3 Å². The number of hydrogen-bond donors (Lipinski definition) is 2. The second-order valence-corrected chi connectivity index (χ2v) is 8.21. The maximum atomic E-state index is 12.5. The first kappa shape index (κ1) is 23.1. The number of benzene rings is 3. The zero-order valence-corrected chi connectivity index (χ0v) is 18.7. The van der Waals surface area contributed by atoms with Gasteiger partial charge in [0.2, 0.25) is 5.91 Å². The molecule has 164 valence electrons. The molecule has 0 fully saturated rings. The standard InChI is InChI=1S/C25H24N2O4S/c1-17-7-5-9-19(13-17)26-23(28)15-31-25(30)21-11-3-4-12-22(21)32-16-24(29)27-20-10-6-8-18(2)14-20/h3-14H,15-16H2,1-2H3,(H,26,28)(H,27,29). The molecule has 0 bridgehead atoms. The van der Waals surface area contributed by atoms with Crippen LogP contribution in [0.15, 0.2) is 77.7 Å². The van der Waals surface area contributed by atoms with E-state index in [9.17, 15) is 14.4 Å². The van der Waals surface area contributed by atoms with Crippen molar-refractivity contribution in [2.24, 2.45) is 0 Å². The fourth-order valence-electron chi connectivity index (χ4n) is 2.95. The number of carbonyl (C=O) groups excluding carboxylic acids is 3. The molecule has 2 N–H and O–H groups in total. The van der Waals surface area contributed by atoms with Crippen molar-refractivity contribution >= 4 is 40.9 Å². The van der Waals surface area contributed by atoms with Crippen LogP contribution in [0.3, 0.4) is 0 Å². The van der Waals surface area contributed by atoms with Gasteiger partial charge in [-0.2, -0.15) is 0 Å². The number of rotatable bonds is 8. The third kappa shape index (κ3) is 6.99. The Bertz CT molecular complexity index is 1130. The number of thioether (sulfide) groups is 1. The Kier molecular flexibility index (Phi) is 8.05. The summed E-state index contributed by atoms with van der Waals surface area (Å²) >= 11 is 1.23. The van der Waals surface area contributed by atoms with Crippen molar-refractivity contribution in [2.45, 2.75) is 18.7 Å². The van der Waals surface area contributed by atoms with Gasteiger partial charge in [-0.25, -0.2) is 4.79 Å². The van der Waals surface area contributed by atoms with Gasteiger partial charge in [-0.15, -0.1) is 11.8 Å². The van der Waals surface area contributed by atoms with E-state index in [4.69, 9.17) is 4.74 Å². The molecular formula is C25H24N2O4S. The monoisotopic (exact) mass is 448 g/mol. The highest BCUT2D eigenvalue weighted by Gasteiger charge is 2.16. The molecule has 0 aromatic heterocycles. The SMILES string of the molecule is Cc1cccc(NC(=O)COC(=O)c2ccccc2SCC(=O)Nc2cccc(C)c2)c1. The summed E-state index contributed by atoms with van der Waals surface area (Å²) in [7, 11) is 0. The van der Waals surface area contributed by atoms with Gasteiger partial charge in [0.05, 0.1) is 11.3 Å². The highest BCUT2D eigenvalue weighted by Crippen LogP contribution is 2.24. The van der Waals surface area contributed by atoms with E-state index in [0.29, 0.717) is 16.1 Å². The summed E-state index contributed by atoms with van der Waals surface area (Å²) in [6.45, 7) is 3.47. The lowest BCUT2D eigenvalue weighted by atomic mass is 10.2. The van der Waals surface area contributed by atoms with Gasteiger partial charge in [-0.1, -0.05) is 36.4 Å². The summed E-state index contributed by atoms with van der Waals surface area (Å²) in [6.07, 6.45) is 0. The van der Waals surface area contributed by atoms with Crippen LogP contribution in [0.2, 0.25) is 0 Å². The number of hydrogen-bond acceptors (Lipinski definition) is 5. The first-order chi connectivity index (χ1) is 15.4. The average Bonchev–Trinajstić information content (AvgIpc) is 2.76. The Labute approximate surface area is 191 Å². The summed E-state index contributed by atoms with van der Waals surface area (Å²) in [5, 5.41) is 5.54. The van der Waals surface area contributed by atoms with Crippen LogP contribution in [0, 0.1) is 13.8 Å². The molecule has 32 heavy (non-hydrogen) atoms. The van der Waals surface area contributed by atoms with Crippen molar-refractivity contribution in [2.75, 3.05) is 23.0 Å². The number of anilines is 2. The third-order valence-corrected chi connectivity index (χ3v) is 5.48. The van der Waals surface area contributed by atoms with E-state index in [1.54, 1.807) is 30.3 Å². The molecule has 0 saturated carbocycles. The van der Waals surface area contributed by atoms with Crippen LogP contribution in [0.25, 0.3) is 0 Å². The van der Waals surface area contributed by atoms with E-state index < -0.39 is 18.5 Å². The Morgan fingerprint density at radius 3 is 2.00 bits per heavy atom. The Morgan fingerprint density at radius 2 is 1.38 bits per heavy atom. The van der Waals surface area contributed by atoms with Gasteiger partial charge in [0.25, 0.3) is 5.91 Å². The Balaban J connectivity index is 1.53. The summed E-state index contributed by atoms with van der Waals surface area (Å²) in [6, 6.07) is 21.7. The maximum Gasteiger partial charge on any atom is 0.339 e. The lowest BCUT2D eigenvalue weighted by Gasteiger charge is -2.10. The Morgan fingerprint density at radius 1 is 0.781 bits per heavy atom. The van der Waals surface area contributed by atoms with E-state index in [-0.39, 0.29) is 11.7 Å². The maximum absolute atomic E-state index is 12.5. The van der Waals surface area contributed by atoms with Crippen LogP contribution < -0.4 is 10.6 Å². The van der Waals surface area contributed by atoms with Gasteiger partial charge < -0.3 is 15.4 Å². The van der Waals surface area contributed by atoms with Gasteiger partial charge in [0.1, 0.15) is 0 Å². The van der Waals surface area contributed by atoms with Crippen molar-refractivity contribution in [3.63, 3.8) is 0 Å². The Hall–Kier alpha value is -3.58. The van der Waals surface area contributed by atoms with Gasteiger partial charge in [0.15, 0.2) is 6.61 Å². The second kappa shape index (κ2) is 11.2. The largest absolute Gasteiger partial charge is 0.452 e. The lowest BCUT2D eigenvalue weighted by Crippen LogP contribution is -2.21. The molecular weight excluding hydrogens is 424 g/mol. The molecule has 0 atom stereocenters. The van der Waals surface area contributed by atoms with Crippen LogP contribution in [0.4, 0.5) is 11.4 Å². The zero-order valence-electron chi connectivity index (χ0n) is 17.9. The topological polar surface area (TPSA) is 84.5 Å². The fourth-order valence-corrected chi connectivity index (χ4v) is 3.79. The van der Waals surface area contributed by atoms with Crippen molar-refractivity contribution in [3.05, 3.63) is 89.5 Å². The van der Waals surface area contributed by atoms with Gasteiger partial charge >= 0.3 is 5.97 Å². The summed E-state index contributed by atoms with van der Waals surface area (Å²) < 4.78 is 5.18. The lowest BCUT2D eigenvalue weighted by molar-refractivity contribution is -0.119. The average molecular weight is 449 g/mol. The van der Waals surface area contributed by atoms with Gasteiger partial charge in [-0.05, 0) is 61.4 Å². The number of aryl methyl sites for hydroxylation is 2. The van der Waals surface area contributed by atoms with Crippen LogP contribution in [-0.4, -0.2) is 30.1 Å². The molecule has 3 aromatic rings. The predicted molar refractivity (Wildman–Crippen MR) is 127 cm³/mol. The van der Waals surface area contributed by atoms with Gasteiger partial charge in [-0.3, -0.25) is 9.59 Å². The molecule has 0 radical (unpaired) electrons. The highest BCUT2D eigenvalue weighted by molar-refractivity contribution is 8.00. The predicted octanol–water partition coefficient (Wildman–Crippen LogP) is 4.83. The molecule has 7 heteroatoms. The number of amides is 2. The molecule has 0 saturated heterocycles. The van der Waals surface area contributed by atoms with E-state index >= 15 is 0 Å². The molecule has 6 nitrogen and oxygen atoms in total. The molecule has 0 heterocycles. The molecule has 3 rings (SSSR count). The molecule has 0 aliphatic rings. The molecule has 0 spiro atoms. The molecule has 0 aliphatic carbocycles. The van der Waals surface area contributed by atoms with Crippen LogP contribution in [0.5, 0.6) is 0 Å². The minimum absolute atomic E-state index is 0.131. The fraction of sp³-hybridized carbons (Fsp3) is 0.160. The normalized spacial score (nSPS) is 10.3. The van der Waals surface area contributed by atoms with Crippen LogP contribution >= 0.6 is 11.8 Å². The van der Waals surface area contributed by atoms with E-state index in [1.165, 1.54) is 11.8 Å². The molecule has 3 aromatic carbocycles. The quantitative estimate of drug-likeness (QED) is 0.381. The van der Waals surface area contributed by atoms with E-state index in [1.807, 2.05) is 56.3 Å². The first-order valence-electron chi connectivity index (χ1n) is 10.0. The highest BCUT2D eigenvalue weighted by atomic mass is 32.2. The van der Waals surface area contributed by atoms with Crippen LogP contribution in [0.1, 0.15) is 21.5 Å². The van der Waals surface area contributed by atoms with Crippen molar-refractivity contribution in [1.82, 2.24) is 0 Å². The molecule has 0 unspecified atom stereocenters. The zero-order chi connectivity index (χ0) is 22.9. The molecule has 2 amide bonds. The summed E-state index contributed by atoms with van der Waals surface area (Å²) in [4.78, 5) is 37.5. The minimum Gasteiger partial charge on any atom is -0.452 e. The smallest absolute Gasteiger partial charge is 0.339 e. The van der Waals surface area contributed by atoms with Crippen LogP contribution in [-0.2, 0) is 14.3 Å². The number of nitrogens with one attached hydrogen (secondary N) is 2. The van der Waals surface area contributed by atoms with Crippen molar-refractivity contribution in [1.29, 1.82) is 0 Å².